The maximum absolute atomic E-state index is 13.4. The highest BCUT2D eigenvalue weighted by Gasteiger charge is 2.41. The second-order valence-corrected chi connectivity index (χ2v) is 8.75. The zero-order valence-corrected chi connectivity index (χ0v) is 17.8. The van der Waals surface area contributed by atoms with Crippen molar-refractivity contribution in [3.05, 3.63) is 41.8 Å². The molecular formula is C23H28FN3O4. The van der Waals surface area contributed by atoms with Crippen LogP contribution in [0.25, 0.3) is 11.3 Å². The smallest absolute Gasteiger partial charge is 0.276 e. The Balaban J connectivity index is 1.57. The molecule has 0 spiro atoms. The van der Waals surface area contributed by atoms with E-state index in [4.69, 9.17) is 9.26 Å². The van der Waals surface area contributed by atoms with E-state index < -0.39 is 6.04 Å². The number of hydrogen-bond acceptors (Lipinski definition) is 5. The lowest BCUT2D eigenvalue weighted by Gasteiger charge is -2.43. The fourth-order valence-corrected chi connectivity index (χ4v) is 4.37. The first-order chi connectivity index (χ1) is 14.9. The van der Waals surface area contributed by atoms with E-state index in [9.17, 15) is 14.0 Å². The van der Waals surface area contributed by atoms with Crippen LogP contribution in [0.3, 0.4) is 0 Å². The summed E-state index contributed by atoms with van der Waals surface area (Å²) in [4.78, 5) is 28.0. The van der Waals surface area contributed by atoms with Crippen LogP contribution in [0.2, 0.25) is 0 Å². The fraction of sp³-hybridized carbons (Fsp3) is 0.522. The number of amides is 2. The van der Waals surface area contributed by atoms with Gasteiger partial charge in [0, 0.05) is 37.4 Å². The maximum Gasteiger partial charge on any atom is 0.276 e. The Labute approximate surface area is 180 Å². The molecule has 2 unspecified atom stereocenters. The number of rotatable bonds is 5. The van der Waals surface area contributed by atoms with Gasteiger partial charge in [0.05, 0.1) is 0 Å². The molecule has 2 fully saturated rings. The van der Waals surface area contributed by atoms with E-state index >= 15 is 0 Å². The minimum absolute atomic E-state index is 0.104. The average Bonchev–Trinajstić information content (AvgIpc) is 3.25. The second-order valence-electron chi connectivity index (χ2n) is 8.75. The summed E-state index contributed by atoms with van der Waals surface area (Å²) in [7, 11) is 0. The number of aromatic nitrogens is 1. The Morgan fingerprint density at radius 3 is 2.65 bits per heavy atom. The van der Waals surface area contributed by atoms with E-state index in [2.05, 4.69) is 10.5 Å². The number of nitrogens with zero attached hydrogens (tertiary/aromatic N) is 2. The number of ether oxygens (including phenoxy) is 1. The first-order valence-corrected chi connectivity index (χ1v) is 10.8. The summed E-state index contributed by atoms with van der Waals surface area (Å²) in [5.41, 5.74) is 0.775. The number of carbonyl (C=O) groups is 2. The first kappa shape index (κ1) is 21.5. The van der Waals surface area contributed by atoms with Crippen molar-refractivity contribution in [2.24, 2.45) is 11.8 Å². The van der Waals surface area contributed by atoms with Gasteiger partial charge in [0.1, 0.15) is 11.9 Å². The third-order valence-electron chi connectivity index (χ3n) is 6.05. The summed E-state index contributed by atoms with van der Waals surface area (Å²) >= 11 is 0. The largest absolute Gasteiger partial charge is 0.381 e. The Kier molecular flexibility index (Phi) is 6.36. The van der Waals surface area contributed by atoms with Crippen molar-refractivity contribution >= 4 is 11.8 Å². The van der Waals surface area contributed by atoms with Gasteiger partial charge in [-0.2, -0.15) is 0 Å². The van der Waals surface area contributed by atoms with E-state index in [1.807, 2.05) is 13.8 Å². The Morgan fingerprint density at radius 1 is 1.26 bits per heavy atom. The molecule has 31 heavy (non-hydrogen) atoms. The van der Waals surface area contributed by atoms with Gasteiger partial charge in [-0.05, 0) is 55.4 Å². The van der Waals surface area contributed by atoms with E-state index in [-0.39, 0.29) is 41.2 Å². The van der Waals surface area contributed by atoms with Crippen LogP contribution in [0.5, 0.6) is 0 Å². The quantitative estimate of drug-likeness (QED) is 0.789. The van der Waals surface area contributed by atoms with Gasteiger partial charge in [0.2, 0.25) is 5.91 Å². The zero-order chi connectivity index (χ0) is 22.0. The van der Waals surface area contributed by atoms with Gasteiger partial charge in [0.15, 0.2) is 11.5 Å². The van der Waals surface area contributed by atoms with Gasteiger partial charge >= 0.3 is 0 Å². The molecule has 4 rings (SSSR count). The van der Waals surface area contributed by atoms with E-state index in [1.165, 1.54) is 12.1 Å². The van der Waals surface area contributed by atoms with Crippen molar-refractivity contribution < 1.29 is 23.2 Å². The normalized spacial score (nSPS) is 22.6. The van der Waals surface area contributed by atoms with Crippen LogP contribution >= 0.6 is 0 Å². The predicted octanol–water partition coefficient (Wildman–Crippen LogP) is 3.26. The number of nitrogens with one attached hydrogen (secondary N) is 1. The van der Waals surface area contributed by atoms with Crippen LogP contribution in [-0.4, -0.2) is 53.7 Å². The summed E-state index contributed by atoms with van der Waals surface area (Å²) < 4.78 is 24.0. The van der Waals surface area contributed by atoms with Gasteiger partial charge in [0.25, 0.3) is 5.91 Å². The molecule has 1 aromatic carbocycles. The van der Waals surface area contributed by atoms with Crippen LogP contribution in [0.4, 0.5) is 4.39 Å². The van der Waals surface area contributed by atoms with Crippen LogP contribution in [0, 0.1) is 17.7 Å². The molecule has 166 valence electrons. The minimum Gasteiger partial charge on any atom is -0.381 e. The fourth-order valence-electron chi connectivity index (χ4n) is 4.37. The van der Waals surface area contributed by atoms with Gasteiger partial charge in [-0.3, -0.25) is 9.59 Å². The molecule has 0 saturated carbocycles. The van der Waals surface area contributed by atoms with E-state index in [0.717, 1.165) is 12.8 Å². The molecular weight excluding hydrogens is 401 g/mol. The number of carbonyl (C=O) groups excluding carboxylic acids is 2. The number of piperazine rings is 1. The second kappa shape index (κ2) is 9.18. The summed E-state index contributed by atoms with van der Waals surface area (Å²) in [5, 5.41) is 7.10. The van der Waals surface area contributed by atoms with Crippen molar-refractivity contribution in [1.82, 2.24) is 15.4 Å². The number of hydrogen-bond donors (Lipinski definition) is 1. The van der Waals surface area contributed by atoms with Gasteiger partial charge < -0.3 is 19.5 Å². The summed E-state index contributed by atoms with van der Waals surface area (Å²) in [5.74, 6) is 0.111. The highest BCUT2D eigenvalue weighted by Crippen LogP contribution is 2.27. The van der Waals surface area contributed by atoms with Crippen molar-refractivity contribution in [2.45, 2.75) is 45.2 Å². The number of benzene rings is 1. The lowest BCUT2D eigenvalue weighted by atomic mass is 9.88. The highest BCUT2D eigenvalue weighted by atomic mass is 19.1. The summed E-state index contributed by atoms with van der Waals surface area (Å²) in [6.45, 7) is 5.84. The lowest BCUT2D eigenvalue weighted by Crippen LogP contribution is -2.64. The SMILES string of the molecule is CC(C)CC1C(=O)NC(C2CCOCC2)CN1C(=O)c1cc(-c2ccc(F)cc2)on1. The molecule has 2 aliphatic rings. The molecule has 2 amide bonds. The third-order valence-corrected chi connectivity index (χ3v) is 6.05. The van der Waals surface area contributed by atoms with Gasteiger partial charge in [-0.25, -0.2) is 4.39 Å². The average molecular weight is 429 g/mol. The van der Waals surface area contributed by atoms with Crippen molar-refractivity contribution in [2.75, 3.05) is 19.8 Å². The third kappa shape index (κ3) is 4.79. The maximum atomic E-state index is 13.4. The standard InChI is InChI=1S/C23H28FN3O4/c1-14(2)11-20-22(28)25-19(15-7-9-30-10-8-15)13-27(20)23(29)18-12-21(31-26-18)16-3-5-17(24)6-4-16/h3-6,12,14-15,19-20H,7-11,13H2,1-2H3,(H,25,28). The monoisotopic (exact) mass is 429 g/mol. The predicted molar refractivity (Wildman–Crippen MR) is 112 cm³/mol. The molecule has 2 aliphatic heterocycles. The minimum atomic E-state index is -0.547. The molecule has 0 bridgehead atoms. The first-order valence-electron chi connectivity index (χ1n) is 10.8. The molecule has 0 aliphatic carbocycles. The van der Waals surface area contributed by atoms with Crippen molar-refractivity contribution in [1.29, 1.82) is 0 Å². The molecule has 2 atom stereocenters. The molecule has 2 saturated heterocycles. The molecule has 1 aromatic heterocycles. The summed E-state index contributed by atoms with van der Waals surface area (Å²) in [6.07, 6.45) is 2.29. The molecule has 3 heterocycles. The van der Waals surface area contributed by atoms with E-state index in [1.54, 1.807) is 23.1 Å². The molecule has 1 N–H and O–H groups in total. The van der Waals surface area contributed by atoms with Crippen LogP contribution < -0.4 is 5.32 Å². The number of halogens is 1. The Hall–Kier alpha value is -2.74. The Morgan fingerprint density at radius 2 is 1.97 bits per heavy atom. The van der Waals surface area contributed by atoms with Crippen LogP contribution in [-0.2, 0) is 9.53 Å². The van der Waals surface area contributed by atoms with Gasteiger partial charge in [-0.15, -0.1) is 0 Å². The van der Waals surface area contributed by atoms with Crippen LogP contribution in [0.1, 0.15) is 43.6 Å². The lowest BCUT2D eigenvalue weighted by molar-refractivity contribution is -0.131. The molecule has 8 heteroatoms. The van der Waals surface area contributed by atoms with Crippen LogP contribution in [0.15, 0.2) is 34.9 Å². The Bertz CT molecular complexity index is 921. The van der Waals surface area contributed by atoms with Gasteiger partial charge in [-0.1, -0.05) is 19.0 Å². The molecule has 2 aromatic rings. The topological polar surface area (TPSA) is 84.7 Å². The molecule has 0 radical (unpaired) electrons. The van der Waals surface area contributed by atoms with Crippen molar-refractivity contribution in [3.8, 4) is 11.3 Å². The molecule has 7 nitrogen and oxygen atoms in total. The zero-order valence-electron chi connectivity index (χ0n) is 17.8. The van der Waals surface area contributed by atoms with E-state index in [0.29, 0.717) is 37.5 Å². The highest BCUT2D eigenvalue weighted by molar-refractivity contribution is 5.97. The summed E-state index contributed by atoms with van der Waals surface area (Å²) in [6, 6.07) is 6.69. The van der Waals surface area contributed by atoms with Crippen molar-refractivity contribution in [3.63, 3.8) is 0 Å².